The Bertz CT molecular complexity index is 694. The second-order valence-electron chi connectivity index (χ2n) is 4.52. The number of aliphatic imine (C=N–C) groups is 2. The van der Waals surface area contributed by atoms with Gasteiger partial charge in [-0.1, -0.05) is 41.9 Å². The first-order valence-electron chi connectivity index (χ1n) is 6.40. The van der Waals surface area contributed by atoms with E-state index in [1.54, 1.807) is 7.05 Å². The van der Waals surface area contributed by atoms with Gasteiger partial charge >= 0.3 is 0 Å². The minimum absolute atomic E-state index is 0. The molecule has 0 spiro atoms. The van der Waals surface area contributed by atoms with Crippen molar-refractivity contribution in [2.45, 2.75) is 0 Å². The third kappa shape index (κ3) is 3.26. The summed E-state index contributed by atoms with van der Waals surface area (Å²) in [5, 5.41) is 4.01. The SMILES string of the molecule is CN=C1CN=C(c2ccccc2)c2cc(Cl)ccc2N1.Cl. The molecule has 0 unspecified atom stereocenters. The van der Waals surface area contributed by atoms with E-state index in [1.807, 2.05) is 36.4 Å². The molecule has 2 aromatic carbocycles. The maximum absolute atomic E-state index is 6.14. The van der Waals surface area contributed by atoms with E-state index < -0.39 is 0 Å². The van der Waals surface area contributed by atoms with Crippen LogP contribution in [0.15, 0.2) is 58.5 Å². The zero-order valence-electron chi connectivity index (χ0n) is 11.5. The van der Waals surface area contributed by atoms with Gasteiger partial charge in [-0.2, -0.15) is 0 Å². The summed E-state index contributed by atoms with van der Waals surface area (Å²) in [5.41, 5.74) is 4.00. The van der Waals surface area contributed by atoms with Crippen LogP contribution >= 0.6 is 24.0 Å². The lowest BCUT2D eigenvalue weighted by Crippen LogP contribution is -2.14. The van der Waals surface area contributed by atoms with Gasteiger partial charge in [0.15, 0.2) is 0 Å². The zero-order chi connectivity index (χ0) is 13.9. The van der Waals surface area contributed by atoms with Gasteiger partial charge < -0.3 is 5.32 Å². The van der Waals surface area contributed by atoms with Crippen molar-refractivity contribution >= 4 is 41.2 Å². The topological polar surface area (TPSA) is 36.8 Å². The van der Waals surface area contributed by atoms with Gasteiger partial charge in [-0.15, -0.1) is 12.4 Å². The number of hydrogen-bond donors (Lipinski definition) is 1. The summed E-state index contributed by atoms with van der Waals surface area (Å²) in [6.07, 6.45) is 0. The molecule has 0 radical (unpaired) electrons. The fourth-order valence-corrected chi connectivity index (χ4v) is 2.40. The number of halogens is 2. The Labute approximate surface area is 135 Å². The van der Waals surface area contributed by atoms with Gasteiger partial charge in [-0.3, -0.25) is 9.98 Å². The average Bonchev–Trinajstić information content (AvgIpc) is 2.67. The third-order valence-corrected chi connectivity index (χ3v) is 3.45. The average molecular weight is 320 g/mol. The molecule has 1 N–H and O–H groups in total. The van der Waals surface area contributed by atoms with Gasteiger partial charge in [0.25, 0.3) is 0 Å². The van der Waals surface area contributed by atoms with Crippen molar-refractivity contribution in [1.29, 1.82) is 0 Å². The predicted molar refractivity (Wildman–Crippen MR) is 92.6 cm³/mol. The fraction of sp³-hybridized carbons (Fsp3) is 0.125. The normalized spacial score (nSPS) is 15.3. The number of nitrogens with one attached hydrogen (secondary N) is 1. The van der Waals surface area contributed by atoms with Crippen molar-refractivity contribution in [3.05, 3.63) is 64.7 Å². The number of benzodiazepines with no additional fused rings is 1. The molecule has 3 rings (SSSR count). The molecule has 0 atom stereocenters. The smallest absolute Gasteiger partial charge is 0.122 e. The molecule has 5 heteroatoms. The Hall–Kier alpha value is -1.84. The number of rotatable bonds is 1. The van der Waals surface area contributed by atoms with E-state index in [2.05, 4.69) is 22.4 Å². The highest BCUT2D eigenvalue weighted by Crippen LogP contribution is 2.26. The highest BCUT2D eigenvalue weighted by Gasteiger charge is 2.16. The summed E-state index contributed by atoms with van der Waals surface area (Å²) in [7, 11) is 1.76. The Morgan fingerprint density at radius 2 is 1.90 bits per heavy atom. The number of anilines is 1. The molecule has 0 saturated carbocycles. The molecule has 108 valence electrons. The number of amidine groups is 1. The predicted octanol–water partition coefficient (Wildman–Crippen LogP) is 4.05. The van der Waals surface area contributed by atoms with E-state index in [0.717, 1.165) is 28.4 Å². The summed E-state index contributed by atoms with van der Waals surface area (Å²) >= 11 is 6.14. The molecule has 1 aliphatic heterocycles. The molecule has 2 aromatic rings. The van der Waals surface area contributed by atoms with Crippen LogP contribution in [-0.2, 0) is 0 Å². The quantitative estimate of drug-likeness (QED) is 0.845. The van der Waals surface area contributed by atoms with Crippen LogP contribution in [0.25, 0.3) is 0 Å². The minimum atomic E-state index is 0. The summed E-state index contributed by atoms with van der Waals surface area (Å²) in [6.45, 7) is 0.535. The molecule has 0 aliphatic carbocycles. The molecule has 0 fully saturated rings. The molecular weight excluding hydrogens is 305 g/mol. The maximum Gasteiger partial charge on any atom is 0.122 e. The second-order valence-corrected chi connectivity index (χ2v) is 4.95. The van der Waals surface area contributed by atoms with Crippen LogP contribution in [0.3, 0.4) is 0 Å². The van der Waals surface area contributed by atoms with Crippen molar-refractivity contribution in [3.8, 4) is 0 Å². The molecule has 0 saturated heterocycles. The Morgan fingerprint density at radius 1 is 1.14 bits per heavy atom. The number of nitrogens with zero attached hydrogens (tertiary/aromatic N) is 2. The Balaban J connectivity index is 0.00000161. The molecule has 3 nitrogen and oxygen atoms in total. The van der Waals surface area contributed by atoms with Gasteiger partial charge in [0, 0.05) is 28.9 Å². The molecule has 1 aliphatic rings. The first-order valence-corrected chi connectivity index (χ1v) is 6.78. The lowest BCUT2D eigenvalue weighted by atomic mass is 10.0. The minimum Gasteiger partial charge on any atom is -0.342 e. The van der Waals surface area contributed by atoms with Crippen LogP contribution in [0, 0.1) is 0 Å². The zero-order valence-corrected chi connectivity index (χ0v) is 13.1. The van der Waals surface area contributed by atoms with E-state index in [4.69, 9.17) is 16.6 Å². The first-order chi connectivity index (χ1) is 9.78. The van der Waals surface area contributed by atoms with Gasteiger partial charge in [0.1, 0.15) is 5.84 Å². The summed E-state index contributed by atoms with van der Waals surface area (Å²) < 4.78 is 0. The van der Waals surface area contributed by atoms with Crippen molar-refractivity contribution in [1.82, 2.24) is 0 Å². The molecule has 1 heterocycles. The summed E-state index contributed by atoms with van der Waals surface area (Å²) in [5.74, 6) is 0.847. The fourth-order valence-electron chi connectivity index (χ4n) is 2.22. The van der Waals surface area contributed by atoms with Crippen LogP contribution in [0.2, 0.25) is 5.02 Å². The van der Waals surface area contributed by atoms with Gasteiger partial charge in [-0.05, 0) is 18.2 Å². The van der Waals surface area contributed by atoms with Crippen LogP contribution < -0.4 is 5.32 Å². The van der Waals surface area contributed by atoms with Crippen LogP contribution in [0.5, 0.6) is 0 Å². The second kappa shape index (κ2) is 6.74. The standard InChI is InChI=1S/C16H14ClN3.ClH/c1-18-15-10-19-16(11-5-3-2-4-6-11)13-9-12(17)7-8-14(13)20-15;/h2-9H,10H2,1H3,(H,18,20);1H. The summed E-state index contributed by atoms with van der Waals surface area (Å²) in [6, 6.07) is 15.9. The van der Waals surface area contributed by atoms with Gasteiger partial charge in [-0.25, -0.2) is 0 Å². The molecule has 0 amide bonds. The van der Waals surface area contributed by atoms with Gasteiger partial charge in [0.05, 0.1) is 12.3 Å². The Morgan fingerprint density at radius 3 is 2.62 bits per heavy atom. The number of benzene rings is 2. The third-order valence-electron chi connectivity index (χ3n) is 3.22. The molecule has 0 bridgehead atoms. The lowest BCUT2D eigenvalue weighted by molar-refractivity contribution is 1.26. The van der Waals surface area contributed by atoms with Crippen LogP contribution in [-0.4, -0.2) is 25.1 Å². The lowest BCUT2D eigenvalue weighted by Gasteiger charge is -2.11. The van der Waals surface area contributed by atoms with Crippen molar-refractivity contribution in [2.24, 2.45) is 9.98 Å². The number of hydrogen-bond acceptors (Lipinski definition) is 2. The monoisotopic (exact) mass is 319 g/mol. The molecule has 0 aromatic heterocycles. The van der Waals surface area contributed by atoms with Gasteiger partial charge in [0.2, 0.25) is 0 Å². The van der Waals surface area contributed by atoms with E-state index >= 15 is 0 Å². The van der Waals surface area contributed by atoms with E-state index in [9.17, 15) is 0 Å². The largest absolute Gasteiger partial charge is 0.342 e. The van der Waals surface area contributed by atoms with Crippen LogP contribution in [0.1, 0.15) is 11.1 Å². The maximum atomic E-state index is 6.14. The molecular formula is C16H15Cl2N3. The van der Waals surface area contributed by atoms with Crippen LogP contribution in [0.4, 0.5) is 5.69 Å². The highest BCUT2D eigenvalue weighted by atomic mass is 35.5. The van der Waals surface area contributed by atoms with E-state index in [0.29, 0.717) is 11.6 Å². The first kappa shape index (κ1) is 15.5. The van der Waals surface area contributed by atoms with Crippen molar-refractivity contribution < 1.29 is 0 Å². The highest BCUT2D eigenvalue weighted by molar-refractivity contribution is 6.32. The summed E-state index contributed by atoms with van der Waals surface area (Å²) in [4.78, 5) is 8.92. The van der Waals surface area contributed by atoms with E-state index in [-0.39, 0.29) is 12.4 Å². The number of fused-ring (bicyclic) bond motifs is 1. The Kier molecular flexibility index (Phi) is 4.99. The van der Waals surface area contributed by atoms with Crippen molar-refractivity contribution in [3.63, 3.8) is 0 Å². The van der Waals surface area contributed by atoms with E-state index in [1.165, 1.54) is 0 Å². The van der Waals surface area contributed by atoms with Crippen molar-refractivity contribution in [2.75, 3.05) is 18.9 Å². The molecule has 21 heavy (non-hydrogen) atoms.